The Morgan fingerprint density at radius 1 is 1.26 bits per heavy atom. The topological polar surface area (TPSA) is 19.4 Å². The van der Waals surface area contributed by atoms with Crippen LogP contribution in [0, 0.1) is 0 Å². The maximum absolute atomic E-state index is 4.43. The van der Waals surface area contributed by atoms with Gasteiger partial charge in [-0.1, -0.05) is 6.08 Å². The van der Waals surface area contributed by atoms with E-state index in [0.717, 1.165) is 6.42 Å². The van der Waals surface area contributed by atoms with Gasteiger partial charge in [-0.15, -0.1) is 0 Å². The third-order valence-electron chi connectivity index (χ3n) is 4.27. The third-order valence-corrected chi connectivity index (χ3v) is 4.87. The summed E-state index contributed by atoms with van der Waals surface area (Å²) in [6.45, 7) is 5.11. The van der Waals surface area contributed by atoms with Gasteiger partial charge >= 0.3 is 0 Å². The largest absolute Gasteiger partial charge is 0.374 e. The fraction of sp³-hybridized carbons (Fsp3) is 0.667. The number of rotatable bonds is 7. The molecule has 3 nitrogen and oxygen atoms in total. The zero-order valence-electron chi connectivity index (χ0n) is 11.5. The van der Waals surface area contributed by atoms with Crippen LogP contribution < -0.4 is 0 Å². The molecule has 0 saturated carbocycles. The van der Waals surface area contributed by atoms with E-state index < -0.39 is 0 Å². The summed E-state index contributed by atoms with van der Waals surface area (Å²) in [6, 6.07) is 2.86. The number of likely N-dealkylation sites (tertiary alicyclic amines) is 1. The molecule has 1 atom stereocenters. The van der Waals surface area contributed by atoms with Crippen LogP contribution in [0.25, 0.3) is 0 Å². The lowest BCUT2D eigenvalue weighted by molar-refractivity contribution is 0.153. The molecule has 0 amide bonds. The Hall–Kier alpha value is -0.870. The van der Waals surface area contributed by atoms with Crippen molar-refractivity contribution in [2.45, 2.75) is 38.1 Å². The average Bonchev–Trinajstić information content (AvgIpc) is 3.03. The zero-order chi connectivity index (χ0) is 12.9. The molecule has 0 radical (unpaired) electrons. The molecular weight excluding hydrogens is 254 g/mol. The fourth-order valence-electron chi connectivity index (χ4n) is 2.91. The number of aromatic nitrogens is 1. The van der Waals surface area contributed by atoms with Crippen molar-refractivity contribution in [3.63, 3.8) is 0 Å². The minimum Gasteiger partial charge on any atom is -0.374 e. The predicted molar refractivity (Wildman–Crippen MR) is 80.4 cm³/mol. The van der Waals surface area contributed by atoms with Gasteiger partial charge in [-0.25, -0.2) is 0 Å². The molecule has 0 aromatic carbocycles. The third kappa shape index (κ3) is 3.57. The summed E-state index contributed by atoms with van der Waals surface area (Å²) >= 11 is 1.57. The summed E-state index contributed by atoms with van der Waals surface area (Å²) in [4.78, 5) is 5.13. The van der Waals surface area contributed by atoms with Crippen LogP contribution in [-0.4, -0.2) is 46.4 Å². The summed E-state index contributed by atoms with van der Waals surface area (Å²) < 4.78 is 4.43. The van der Waals surface area contributed by atoms with Gasteiger partial charge in [0, 0.05) is 24.5 Å². The molecule has 1 saturated heterocycles. The predicted octanol–water partition coefficient (Wildman–Crippen LogP) is 2.76. The van der Waals surface area contributed by atoms with Crippen molar-refractivity contribution in [3.05, 3.63) is 29.4 Å². The fourth-order valence-corrected chi connectivity index (χ4v) is 3.47. The Bertz CT molecular complexity index is 398. The number of hydrogen-bond acceptors (Lipinski definition) is 4. The van der Waals surface area contributed by atoms with Gasteiger partial charge in [-0.05, 0) is 69.0 Å². The Morgan fingerprint density at radius 3 is 2.84 bits per heavy atom. The van der Waals surface area contributed by atoms with E-state index in [4.69, 9.17) is 0 Å². The Balaban J connectivity index is 1.50. The summed E-state index contributed by atoms with van der Waals surface area (Å²) in [5.74, 6) is 0. The number of nitrogens with zero attached hydrogens (tertiary/aromatic N) is 3. The SMILES string of the molecule is C1=CN(C(CCc2ccsn2)CCN2CCC2)CC1. The molecule has 104 valence electrons. The molecule has 0 spiro atoms. The van der Waals surface area contributed by atoms with E-state index in [9.17, 15) is 0 Å². The van der Waals surface area contributed by atoms with E-state index >= 15 is 0 Å². The number of hydrogen-bond donors (Lipinski definition) is 0. The first-order valence-electron chi connectivity index (χ1n) is 7.46. The minimum absolute atomic E-state index is 0.695. The second kappa shape index (κ2) is 6.53. The van der Waals surface area contributed by atoms with Gasteiger partial charge in [0.1, 0.15) is 0 Å². The minimum atomic E-state index is 0.695. The van der Waals surface area contributed by atoms with Crippen molar-refractivity contribution < 1.29 is 0 Å². The van der Waals surface area contributed by atoms with Gasteiger partial charge < -0.3 is 9.80 Å². The molecule has 0 aliphatic carbocycles. The normalized spacial score (nSPS) is 20.7. The number of aryl methyl sites for hydroxylation is 1. The van der Waals surface area contributed by atoms with E-state index in [2.05, 4.69) is 37.9 Å². The zero-order valence-corrected chi connectivity index (χ0v) is 12.3. The molecule has 4 heteroatoms. The van der Waals surface area contributed by atoms with Gasteiger partial charge in [-0.3, -0.25) is 0 Å². The summed E-state index contributed by atoms with van der Waals surface area (Å²) in [6.07, 6.45) is 10.9. The molecule has 2 aliphatic rings. The maximum Gasteiger partial charge on any atom is 0.0542 e. The lowest BCUT2D eigenvalue weighted by atomic mass is 10.0. The molecule has 2 aliphatic heterocycles. The molecule has 1 aromatic rings. The summed E-state index contributed by atoms with van der Waals surface area (Å²) in [5.41, 5.74) is 1.27. The Kier molecular flexibility index (Phi) is 4.51. The first kappa shape index (κ1) is 13.1. The van der Waals surface area contributed by atoms with E-state index in [1.807, 2.05) is 0 Å². The molecule has 1 fully saturated rings. The van der Waals surface area contributed by atoms with E-state index in [0.29, 0.717) is 6.04 Å². The standard InChI is InChI=1S/C15H23N3S/c1-2-11-18(10-1)15(6-12-17-8-3-9-17)5-4-14-7-13-19-16-14/h1,7,10,13,15H,2-6,8-9,11-12H2. The monoisotopic (exact) mass is 277 g/mol. The van der Waals surface area contributed by atoms with Crippen molar-refractivity contribution in [2.75, 3.05) is 26.2 Å². The highest BCUT2D eigenvalue weighted by atomic mass is 32.1. The van der Waals surface area contributed by atoms with Gasteiger partial charge in [0.2, 0.25) is 0 Å². The smallest absolute Gasteiger partial charge is 0.0542 e. The van der Waals surface area contributed by atoms with Crippen LogP contribution in [0.3, 0.4) is 0 Å². The highest BCUT2D eigenvalue weighted by Gasteiger charge is 2.21. The van der Waals surface area contributed by atoms with Gasteiger partial charge in [-0.2, -0.15) is 4.37 Å². The highest BCUT2D eigenvalue weighted by molar-refractivity contribution is 7.03. The molecule has 3 heterocycles. The molecule has 3 rings (SSSR count). The quantitative estimate of drug-likeness (QED) is 0.764. The second-order valence-corrected chi connectivity index (χ2v) is 6.24. The highest BCUT2D eigenvalue weighted by Crippen LogP contribution is 2.19. The van der Waals surface area contributed by atoms with Crippen molar-refractivity contribution >= 4 is 11.5 Å². The molecule has 1 aromatic heterocycles. The van der Waals surface area contributed by atoms with Crippen LogP contribution in [-0.2, 0) is 6.42 Å². The first-order chi connectivity index (χ1) is 9.42. The average molecular weight is 277 g/mol. The molecular formula is C15H23N3S. The van der Waals surface area contributed by atoms with Crippen molar-refractivity contribution in [1.29, 1.82) is 0 Å². The van der Waals surface area contributed by atoms with E-state index in [1.165, 1.54) is 57.6 Å². The van der Waals surface area contributed by atoms with Gasteiger partial charge in [0.05, 0.1) is 5.69 Å². The van der Waals surface area contributed by atoms with Crippen LogP contribution in [0.15, 0.2) is 23.7 Å². The van der Waals surface area contributed by atoms with Crippen LogP contribution in [0.1, 0.15) is 31.4 Å². The maximum atomic E-state index is 4.43. The van der Waals surface area contributed by atoms with Crippen molar-refractivity contribution in [3.8, 4) is 0 Å². The van der Waals surface area contributed by atoms with E-state index in [-0.39, 0.29) is 0 Å². The van der Waals surface area contributed by atoms with E-state index in [1.54, 1.807) is 11.5 Å². The lowest BCUT2D eigenvalue weighted by Gasteiger charge is -2.34. The molecule has 19 heavy (non-hydrogen) atoms. The summed E-state index contributed by atoms with van der Waals surface area (Å²) in [5, 5.41) is 2.08. The molecule has 0 N–H and O–H groups in total. The summed E-state index contributed by atoms with van der Waals surface area (Å²) in [7, 11) is 0. The molecule has 1 unspecified atom stereocenters. The Morgan fingerprint density at radius 2 is 2.21 bits per heavy atom. The van der Waals surface area contributed by atoms with Crippen molar-refractivity contribution in [1.82, 2.24) is 14.2 Å². The Labute approximate surface area is 120 Å². The van der Waals surface area contributed by atoms with Crippen LogP contribution in [0.5, 0.6) is 0 Å². The van der Waals surface area contributed by atoms with Crippen LogP contribution in [0.4, 0.5) is 0 Å². The van der Waals surface area contributed by atoms with Crippen molar-refractivity contribution in [2.24, 2.45) is 0 Å². The first-order valence-corrected chi connectivity index (χ1v) is 8.29. The van der Waals surface area contributed by atoms with Crippen LogP contribution in [0.2, 0.25) is 0 Å². The van der Waals surface area contributed by atoms with Crippen LogP contribution >= 0.6 is 11.5 Å². The lowest BCUT2D eigenvalue weighted by Crippen LogP contribution is -2.41. The van der Waals surface area contributed by atoms with Gasteiger partial charge in [0.15, 0.2) is 0 Å². The molecule has 0 bridgehead atoms. The van der Waals surface area contributed by atoms with Gasteiger partial charge in [0.25, 0.3) is 0 Å². The second-order valence-electron chi connectivity index (χ2n) is 5.58.